The third-order valence-corrected chi connectivity index (χ3v) is 2.72. The minimum atomic E-state index is -0.516. The molecule has 1 amide bonds. The minimum absolute atomic E-state index is 0.242. The standard InChI is InChI=1S/C16H26N2O3/c1-12(10-11-20-5)17-13-8-6-7-9-14(13)18-15(19)21-16(2,3)4/h6-9,12,17H,10-11H2,1-5H3,(H,18,19). The van der Waals surface area contributed by atoms with Crippen LogP contribution in [0.2, 0.25) is 0 Å². The van der Waals surface area contributed by atoms with Gasteiger partial charge in [-0.05, 0) is 46.2 Å². The number of carbonyl (C=O) groups excluding carboxylic acids is 1. The number of hydrogen-bond donors (Lipinski definition) is 2. The van der Waals surface area contributed by atoms with Crippen molar-refractivity contribution >= 4 is 17.5 Å². The summed E-state index contributed by atoms with van der Waals surface area (Å²) in [6, 6.07) is 7.81. The van der Waals surface area contributed by atoms with Gasteiger partial charge in [-0.25, -0.2) is 4.79 Å². The molecular formula is C16H26N2O3. The van der Waals surface area contributed by atoms with Gasteiger partial charge < -0.3 is 14.8 Å². The topological polar surface area (TPSA) is 59.6 Å². The lowest BCUT2D eigenvalue weighted by Gasteiger charge is -2.21. The summed E-state index contributed by atoms with van der Waals surface area (Å²) in [7, 11) is 1.69. The molecule has 0 bridgehead atoms. The maximum absolute atomic E-state index is 11.9. The second-order valence-electron chi connectivity index (χ2n) is 6.00. The lowest BCUT2D eigenvalue weighted by atomic mass is 10.2. The fourth-order valence-corrected chi connectivity index (χ4v) is 1.76. The Morgan fingerprint density at radius 1 is 1.24 bits per heavy atom. The molecule has 1 rings (SSSR count). The maximum Gasteiger partial charge on any atom is 0.412 e. The average Bonchev–Trinajstić information content (AvgIpc) is 2.36. The first-order valence-electron chi connectivity index (χ1n) is 7.16. The summed E-state index contributed by atoms with van der Waals surface area (Å²) in [4.78, 5) is 11.9. The second-order valence-corrected chi connectivity index (χ2v) is 6.00. The van der Waals surface area contributed by atoms with Crippen LogP contribution >= 0.6 is 0 Å². The molecule has 1 aromatic rings. The van der Waals surface area contributed by atoms with Crippen LogP contribution in [-0.2, 0) is 9.47 Å². The third-order valence-electron chi connectivity index (χ3n) is 2.72. The van der Waals surface area contributed by atoms with Gasteiger partial charge >= 0.3 is 6.09 Å². The van der Waals surface area contributed by atoms with E-state index < -0.39 is 11.7 Å². The number of para-hydroxylation sites is 2. The van der Waals surface area contributed by atoms with E-state index in [9.17, 15) is 4.79 Å². The van der Waals surface area contributed by atoms with Crippen LogP contribution in [0, 0.1) is 0 Å². The molecular weight excluding hydrogens is 268 g/mol. The Morgan fingerprint density at radius 2 is 1.86 bits per heavy atom. The van der Waals surface area contributed by atoms with E-state index >= 15 is 0 Å². The minimum Gasteiger partial charge on any atom is -0.444 e. The maximum atomic E-state index is 11.9. The predicted octanol–water partition coefficient (Wildman–Crippen LogP) is 3.87. The van der Waals surface area contributed by atoms with E-state index in [1.54, 1.807) is 7.11 Å². The summed E-state index contributed by atoms with van der Waals surface area (Å²) < 4.78 is 10.3. The highest BCUT2D eigenvalue weighted by Crippen LogP contribution is 2.23. The number of rotatable bonds is 6. The van der Waals surface area contributed by atoms with E-state index in [1.807, 2.05) is 45.0 Å². The summed E-state index contributed by atoms with van der Waals surface area (Å²) >= 11 is 0. The normalized spacial score (nSPS) is 12.6. The Balaban J connectivity index is 2.68. The Kier molecular flexibility index (Phi) is 6.49. The lowest BCUT2D eigenvalue weighted by Crippen LogP contribution is -2.27. The summed E-state index contributed by atoms with van der Waals surface area (Å²) in [5, 5.41) is 6.14. The van der Waals surface area contributed by atoms with Crippen molar-refractivity contribution in [3.8, 4) is 0 Å². The van der Waals surface area contributed by atoms with Crippen LogP contribution < -0.4 is 10.6 Å². The highest BCUT2D eigenvalue weighted by atomic mass is 16.6. The number of ether oxygens (including phenoxy) is 2. The average molecular weight is 294 g/mol. The molecule has 0 saturated carbocycles. The molecule has 118 valence electrons. The van der Waals surface area contributed by atoms with Gasteiger partial charge in [-0.2, -0.15) is 0 Å². The van der Waals surface area contributed by atoms with Crippen molar-refractivity contribution < 1.29 is 14.3 Å². The number of anilines is 2. The lowest BCUT2D eigenvalue weighted by molar-refractivity contribution is 0.0636. The van der Waals surface area contributed by atoms with E-state index in [4.69, 9.17) is 9.47 Å². The number of methoxy groups -OCH3 is 1. The van der Waals surface area contributed by atoms with E-state index in [-0.39, 0.29) is 6.04 Å². The van der Waals surface area contributed by atoms with Crippen molar-refractivity contribution in [2.24, 2.45) is 0 Å². The Hall–Kier alpha value is -1.75. The van der Waals surface area contributed by atoms with Crippen molar-refractivity contribution in [1.29, 1.82) is 0 Å². The number of benzene rings is 1. The van der Waals surface area contributed by atoms with Gasteiger partial charge in [-0.1, -0.05) is 12.1 Å². The fourth-order valence-electron chi connectivity index (χ4n) is 1.76. The van der Waals surface area contributed by atoms with Crippen molar-refractivity contribution in [1.82, 2.24) is 0 Å². The Labute approximate surface area is 127 Å². The fraction of sp³-hybridized carbons (Fsp3) is 0.562. The van der Waals surface area contributed by atoms with Gasteiger partial charge in [-0.15, -0.1) is 0 Å². The van der Waals surface area contributed by atoms with Gasteiger partial charge in [0.1, 0.15) is 5.60 Å². The third kappa shape index (κ3) is 6.99. The SMILES string of the molecule is COCCC(C)Nc1ccccc1NC(=O)OC(C)(C)C. The molecule has 0 heterocycles. The van der Waals surface area contributed by atoms with Crippen LogP contribution in [0.25, 0.3) is 0 Å². The first-order valence-corrected chi connectivity index (χ1v) is 7.16. The zero-order valence-corrected chi connectivity index (χ0v) is 13.5. The molecule has 0 aliphatic rings. The molecule has 5 nitrogen and oxygen atoms in total. The summed E-state index contributed by atoms with van der Waals surface area (Å²) in [5.74, 6) is 0. The zero-order valence-electron chi connectivity index (χ0n) is 13.5. The molecule has 0 aliphatic heterocycles. The molecule has 0 aliphatic carbocycles. The van der Waals surface area contributed by atoms with Crippen LogP contribution in [-0.4, -0.2) is 31.5 Å². The predicted molar refractivity (Wildman–Crippen MR) is 85.9 cm³/mol. The van der Waals surface area contributed by atoms with Gasteiger partial charge in [0.15, 0.2) is 0 Å². The van der Waals surface area contributed by atoms with Crippen molar-refractivity contribution in [2.75, 3.05) is 24.4 Å². The summed E-state index contributed by atoms with van der Waals surface area (Å²) in [5.41, 5.74) is 1.06. The molecule has 1 atom stereocenters. The first-order chi connectivity index (χ1) is 9.81. The van der Waals surface area contributed by atoms with Gasteiger partial charge in [0, 0.05) is 19.8 Å². The zero-order chi connectivity index (χ0) is 15.9. The Bertz CT molecular complexity index is 455. The van der Waals surface area contributed by atoms with Crippen molar-refractivity contribution in [3.05, 3.63) is 24.3 Å². The molecule has 0 radical (unpaired) electrons. The molecule has 5 heteroatoms. The van der Waals surface area contributed by atoms with Crippen LogP contribution in [0.5, 0.6) is 0 Å². The van der Waals surface area contributed by atoms with Crippen LogP contribution in [0.4, 0.5) is 16.2 Å². The van der Waals surface area contributed by atoms with E-state index in [0.29, 0.717) is 12.3 Å². The van der Waals surface area contributed by atoms with Crippen molar-refractivity contribution in [3.63, 3.8) is 0 Å². The molecule has 2 N–H and O–H groups in total. The number of amides is 1. The molecule has 21 heavy (non-hydrogen) atoms. The Morgan fingerprint density at radius 3 is 2.43 bits per heavy atom. The second kappa shape index (κ2) is 7.88. The van der Waals surface area contributed by atoms with Crippen LogP contribution in [0.3, 0.4) is 0 Å². The van der Waals surface area contributed by atoms with Gasteiger partial charge in [0.05, 0.1) is 11.4 Å². The molecule has 1 aromatic carbocycles. The smallest absolute Gasteiger partial charge is 0.412 e. The largest absolute Gasteiger partial charge is 0.444 e. The van der Waals surface area contributed by atoms with Gasteiger partial charge in [0.25, 0.3) is 0 Å². The number of nitrogens with one attached hydrogen (secondary N) is 2. The molecule has 0 saturated heterocycles. The summed E-state index contributed by atoms with van der Waals surface area (Å²) in [6.07, 6.45) is 0.429. The van der Waals surface area contributed by atoms with Crippen LogP contribution in [0.15, 0.2) is 24.3 Å². The van der Waals surface area contributed by atoms with E-state index in [2.05, 4.69) is 17.6 Å². The monoisotopic (exact) mass is 294 g/mol. The van der Waals surface area contributed by atoms with Crippen LogP contribution in [0.1, 0.15) is 34.1 Å². The quantitative estimate of drug-likeness (QED) is 0.836. The molecule has 0 fully saturated rings. The molecule has 0 spiro atoms. The van der Waals surface area contributed by atoms with Gasteiger partial charge in [0.2, 0.25) is 0 Å². The molecule has 1 unspecified atom stereocenters. The number of carbonyl (C=O) groups is 1. The van der Waals surface area contributed by atoms with E-state index in [0.717, 1.165) is 12.1 Å². The molecule has 0 aromatic heterocycles. The highest BCUT2D eigenvalue weighted by Gasteiger charge is 2.17. The summed E-state index contributed by atoms with van der Waals surface area (Å²) in [6.45, 7) is 8.27. The van der Waals surface area contributed by atoms with Crippen molar-refractivity contribution in [2.45, 2.75) is 45.8 Å². The first kappa shape index (κ1) is 17.3. The van der Waals surface area contributed by atoms with Gasteiger partial charge in [-0.3, -0.25) is 5.32 Å². The number of hydrogen-bond acceptors (Lipinski definition) is 4. The van der Waals surface area contributed by atoms with E-state index in [1.165, 1.54) is 0 Å². The highest BCUT2D eigenvalue weighted by molar-refractivity contribution is 5.89.